The molecule has 2 aliphatic rings. The summed E-state index contributed by atoms with van der Waals surface area (Å²) in [7, 11) is 0. The highest BCUT2D eigenvalue weighted by Crippen LogP contribution is 2.52. The molecule has 7 nitrogen and oxygen atoms in total. The van der Waals surface area contributed by atoms with Crippen LogP contribution in [-0.2, 0) is 23.9 Å². The van der Waals surface area contributed by atoms with Crippen molar-refractivity contribution in [2.24, 2.45) is 11.7 Å². The van der Waals surface area contributed by atoms with Gasteiger partial charge in [0.05, 0.1) is 30.4 Å². The lowest BCUT2D eigenvalue weighted by atomic mass is 9.68. The highest BCUT2D eigenvalue weighted by Gasteiger charge is 2.52. The Kier molecular flexibility index (Phi) is 8.03. The van der Waals surface area contributed by atoms with Gasteiger partial charge in [-0.1, -0.05) is 30.3 Å². The minimum absolute atomic E-state index is 0.00861. The fourth-order valence-electron chi connectivity index (χ4n) is 5.64. The van der Waals surface area contributed by atoms with Crippen molar-refractivity contribution in [1.82, 2.24) is 0 Å². The number of hydrogen-bond acceptors (Lipinski definition) is 8. The largest absolute Gasteiger partial charge is 0.465 e. The fraction of sp³-hybridized carbons (Fsp3) is 0.258. The molecular weight excluding hydrogens is 550 g/mol. The average molecular weight is 579 g/mol. The standard InChI is InChI=1S/C31H28F2N2O5S/c1-3-39-30(37)25-20(23-13-8-14-41-23)16-22-26(28(25)36)24(19-11-5-6-12-21(19)33)27(31(38)40-4-2)29(34)35(22)18-10-7-9-17(32)15-18/h5-15,20,24-25H,3-4,16,34H2,1-2H3/t20-,24-,25+/m0/s1. The summed E-state index contributed by atoms with van der Waals surface area (Å²) in [6, 6.07) is 15.0. The number of ether oxygens (including phenoxy) is 2. The third kappa shape index (κ3) is 5.04. The summed E-state index contributed by atoms with van der Waals surface area (Å²) < 4.78 is 40.6. The van der Waals surface area contributed by atoms with Gasteiger partial charge in [0.1, 0.15) is 23.4 Å². The molecule has 41 heavy (non-hydrogen) atoms. The maximum absolute atomic E-state index is 15.5. The van der Waals surface area contributed by atoms with Gasteiger partial charge in [-0.25, -0.2) is 13.6 Å². The van der Waals surface area contributed by atoms with Crippen LogP contribution in [0.25, 0.3) is 0 Å². The number of halogens is 2. The van der Waals surface area contributed by atoms with Crippen molar-refractivity contribution in [2.45, 2.75) is 32.1 Å². The Bertz CT molecular complexity index is 1570. The Morgan fingerprint density at radius 2 is 1.78 bits per heavy atom. The number of nitrogens with two attached hydrogens (primary N) is 1. The summed E-state index contributed by atoms with van der Waals surface area (Å²) in [6.07, 6.45) is 0.114. The molecule has 3 atom stereocenters. The molecule has 212 valence electrons. The number of thiophene rings is 1. The van der Waals surface area contributed by atoms with Gasteiger partial charge >= 0.3 is 11.9 Å². The van der Waals surface area contributed by atoms with Crippen molar-refractivity contribution < 1.29 is 32.6 Å². The van der Waals surface area contributed by atoms with Gasteiger partial charge in [0.2, 0.25) is 0 Å². The predicted molar refractivity (Wildman–Crippen MR) is 150 cm³/mol. The van der Waals surface area contributed by atoms with Crippen LogP contribution < -0.4 is 10.6 Å². The molecule has 0 saturated carbocycles. The van der Waals surface area contributed by atoms with E-state index in [4.69, 9.17) is 15.2 Å². The number of esters is 2. The van der Waals surface area contributed by atoms with Crippen LogP contribution in [0.4, 0.5) is 14.5 Å². The van der Waals surface area contributed by atoms with Crippen molar-refractivity contribution in [2.75, 3.05) is 18.1 Å². The van der Waals surface area contributed by atoms with Crippen LogP contribution in [0.5, 0.6) is 0 Å². The Morgan fingerprint density at radius 3 is 2.44 bits per heavy atom. The molecule has 0 spiro atoms. The molecule has 3 aromatic rings. The van der Waals surface area contributed by atoms with E-state index in [1.165, 1.54) is 52.6 Å². The monoisotopic (exact) mass is 578 g/mol. The zero-order chi connectivity index (χ0) is 29.3. The Morgan fingerprint density at radius 1 is 1.02 bits per heavy atom. The van der Waals surface area contributed by atoms with Gasteiger partial charge in [-0.15, -0.1) is 11.3 Å². The van der Waals surface area contributed by atoms with Gasteiger partial charge in [0.25, 0.3) is 0 Å². The number of Topliss-reactive ketones (excluding diaryl/α,β-unsaturated/α-hetero) is 1. The van der Waals surface area contributed by atoms with Crippen molar-refractivity contribution in [3.05, 3.63) is 111 Å². The Labute approximate surface area is 239 Å². The second-order valence-corrected chi connectivity index (χ2v) is 10.5. The van der Waals surface area contributed by atoms with Crippen molar-refractivity contribution in [1.29, 1.82) is 0 Å². The lowest BCUT2D eigenvalue weighted by molar-refractivity contribution is -0.152. The molecule has 0 bridgehead atoms. The van der Waals surface area contributed by atoms with Gasteiger partial charge in [0.15, 0.2) is 5.78 Å². The maximum Gasteiger partial charge on any atom is 0.338 e. The van der Waals surface area contributed by atoms with Crippen molar-refractivity contribution in [3.63, 3.8) is 0 Å². The van der Waals surface area contributed by atoms with Crippen LogP contribution in [0.1, 0.15) is 42.5 Å². The zero-order valence-corrected chi connectivity index (χ0v) is 23.3. The highest BCUT2D eigenvalue weighted by atomic mass is 32.1. The molecule has 2 heterocycles. The Balaban J connectivity index is 1.83. The summed E-state index contributed by atoms with van der Waals surface area (Å²) in [6.45, 7) is 3.30. The summed E-state index contributed by atoms with van der Waals surface area (Å²) in [5.41, 5.74) is 7.17. The number of anilines is 1. The quantitative estimate of drug-likeness (QED) is 0.290. The molecule has 0 unspecified atom stereocenters. The summed E-state index contributed by atoms with van der Waals surface area (Å²) in [5, 5.41) is 1.84. The van der Waals surface area contributed by atoms with Crippen LogP contribution in [0.15, 0.2) is 88.7 Å². The first-order chi connectivity index (χ1) is 19.8. The SMILES string of the molecule is CCOC(=O)C1=C(N)N(c2cccc(F)c2)C2=C(C(=O)[C@H](C(=O)OCC)[C@H](c3cccs3)C2)[C@@H]1c1ccccc1F. The molecule has 0 amide bonds. The van der Waals surface area contributed by atoms with E-state index in [9.17, 15) is 18.8 Å². The van der Waals surface area contributed by atoms with E-state index in [1.807, 2.05) is 17.5 Å². The van der Waals surface area contributed by atoms with Crippen molar-refractivity contribution >= 4 is 34.7 Å². The zero-order valence-electron chi connectivity index (χ0n) is 22.4. The third-order valence-electron chi connectivity index (χ3n) is 7.27. The van der Waals surface area contributed by atoms with Crippen LogP contribution in [0.2, 0.25) is 0 Å². The second-order valence-electron chi connectivity index (χ2n) is 9.57. The van der Waals surface area contributed by atoms with E-state index in [0.717, 1.165) is 4.88 Å². The molecule has 1 aliphatic heterocycles. The Hall–Kier alpha value is -4.31. The molecule has 0 fully saturated rings. The minimum Gasteiger partial charge on any atom is -0.465 e. The van der Waals surface area contributed by atoms with Crippen LogP contribution in [0, 0.1) is 17.6 Å². The molecule has 2 aromatic carbocycles. The van der Waals surface area contributed by atoms with Crippen LogP contribution >= 0.6 is 11.3 Å². The molecule has 2 N–H and O–H groups in total. The third-order valence-corrected chi connectivity index (χ3v) is 8.27. The number of benzene rings is 2. The molecule has 1 aliphatic carbocycles. The number of rotatable bonds is 7. The molecular formula is C31H28F2N2O5S. The predicted octanol–water partition coefficient (Wildman–Crippen LogP) is 5.55. The molecule has 10 heteroatoms. The van der Waals surface area contributed by atoms with E-state index in [-0.39, 0.29) is 47.9 Å². The number of nitrogens with zero attached hydrogens (tertiary/aromatic N) is 1. The van der Waals surface area contributed by atoms with Gasteiger partial charge in [-0.2, -0.15) is 0 Å². The van der Waals surface area contributed by atoms with E-state index < -0.39 is 47.1 Å². The van der Waals surface area contributed by atoms with Crippen LogP contribution in [0.3, 0.4) is 0 Å². The van der Waals surface area contributed by atoms with Crippen LogP contribution in [-0.4, -0.2) is 30.9 Å². The number of ketones is 1. The number of carbonyl (C=O) groups excluding carboxylic acids is 3. The van der Waals surface area contributed by atoms with E-state index >= 15 is 4.39 Å². The first-order valence-corrected chi connectivity index (χ1v) is 14.1. The average Bonchev–Trinajstić information content (AvgIpc) is 3.48. The molecule has 1 aromatic heterocycles. The smallest absolute Gasteiger partial charge is 0.338 e. The first kappa shape index (κ1) is 28.2. The maximum atomic E-state index is 15.5. The van der Waals surface area contributed by atoms with Crippen molar-refractivity contribution in [3.8, 4) is 0 Å². The molecule has 0 saturated heterocycles. The minimum atomic E-state index is -1.27. The highest BCUT2D eigenvalue weighted by molar-refractivity contribution is 7.10. The fourth-order valence-corrected chi connectivity index (χ4v) is 6.50. The van der Waals surface area contributed by atoms with Gasteiger partial charge in [-0.05, 0) is 56.0 Å². The van der Waals surface area contributed by atoms with E-state index in [1.54, 1.807) is 26.0 Å². The number of carbonyl (C=O) groups is 3. The van der Waals surface area contributed by atoms with E-state index in [0.29, 0.717) is 5.70 Å². The van der Waals surface area contributed by atoms with Gasteiger partial charge < -0.3 is 15.2 Å². The summed E-state index contributed by atoms with van der Waals surface area (Å²) in [5.74, 6) is -6.69. The van der Waals surface area contributed by atoms with E-state index in [2.05, 4.69) is 0 Å². The molecule has 5 rings (SSSR count). The summed E-state index contributed by atoms with van der Waals surface area (Å²) >= 11 is 1.38. The first-order valence-electron chi connectivity index (χ1n) is 13.2. The molecule has 0 radical (unpaired) electrons. The number of allylic oxidation sites excluding steroid dienone is 2. The van der Waals surface area contributed by atoms with Gasteiger partial charge in [-0.3, -0.25) is 14.5 Å². The lowest BCUT2D eigenvalue weighted by Gasteiger charge is -2.43. The normalized spacial score (nSPS) is 20.6. The second kappa shape index (κ2) is 11.7. The topological polar surface area (TPSA) is 98.9 Å². The lowest BCUT2D eigenvalue weighted by Crippen LogP contribution is -2.46. The summed E-state index contributed by atoms with van der Waals surface area (Å²) in [4.78, 5) is 43.6. The van der Waals surface area contributed by atoms with Gasteiger partial charge in [0, 0.05) is 27.6 Å². The number of hydrogen-bond donors (Lipinski definition) is 1.